The Balaban J connectivity index is 1.90. The van der Waals surface area contributed by atoms with E-state index in [0.29, 0.717) is 0 Å². The molecule has 2 rings (SSSR count). The molecule has 1 aliphatic rings. The Morgan fingerprint density at radius 3 is 2.75 bits per heavy atom. The number of amides is 2. The van der Waals surface area contributed by atoms with Gasteiger partial charge in [0, 0.05) is 0 Å². The molecule has 0 aliphatic carbocycles. The van der Waals surface area contributed by atoms with Gasteiger partial charge in [-0.1, -0.05) is 30.3 Å². The van der Waals surface area contributed by atoms with Crippen LogP contribution in [-0.2, 0) is 16.0 Å². The molecule has 0 saturated carbocycles. The van der Waals surface area contributed by atoms with Gasteiger partial charge in [0.15, 0.2) is 0 Å². The molecule has 1 heterocycles. The Kier molecular flexibility index (Phi) is 2.95. The van der Waals surface area contributed by atoms with E-state index in [1.807, 2.05) is 30.3 Å². The zero-order valence-electron chi connectivity index (χ0n) is 8.51. The Bertz CT molecular complexity index is 428. The molecule has 1 unspecified atom stereocenters. The largest absolute Gasteiger partial charge is 0.339 e. The molecule has 0 bridgehead atoms. The van der Waals surface area contributed by atoms with Gasteiger partial charge in [0.1, 0.15) is 6.04 Å². The molecule has 0 spiro atoms. The van der Waals surface area contributed by atoms with Crippen molar-refractivity contribution < 1.29 is 9.59 Å². The number of carbonyl (C=O) groups excluding carboxylic acids is 2. The minimum Gasteiger partial charge on any atom is -0.339 e. The van der Waals surface area contributed by atoms with Crippen LogP contribution in [0.2, 0.25) is 0 Å². The first kappa shape index (κ1) is 10.4. The van der Waals surface area contributed by atoms with Gasteiger partial charge in [-0.2, -0.15) is 5.10 Å². The van der Waals surface area contributed by atoms with Crippen LogP contribution in [0, 0.1) is 0 Å². The molecule has 2 amide bonds. The quantitative estimate of drug-likeness (QED) is 0.738. The summed E-state index contributed by atoms with van der Waals surface area (Å²) in [5.41, 5.74) is 3.17. The highest BCUT2D eigenvalue weighted by Gasteiger charge is 2.22. The first-order valence-corrected chi connectivity index (χ1v) is 4.92. The second kappa shape index (κ2) is 4.57. The molecular formula is C11H11N3O2. The molecule has 1 atom stereocenters. The van der Waals surface area contributed by atoms with E-state index in [0.717, 1.165) is 5.56 Å². The maximum absolute atomic E-state index is 11.6. The van der Waals surface area contributed by atoms with Gasteiger partial charge in [0.25, 0.3) is 5.91 Å². The van der Waals surface area contributed by atoms with Crippen LogP contribution in [0.1, 0.15) is 5.56 Å². The molecule has 0 saturated heterocycles. The number of nitrogens with one attached hydrogen (secondary N) is 2. The van der Waals surface area contributed by atoms with E-state index in [1.54, 1.807) is 0 Å². The predicted molar refractivity (Wildman–Crippen MR) is 58.7 cm³/mol. The average molecular weight is 217 g/mol. The zero-order chi connectivity index (χ0) is 11.4. The monoisotopic (exact) mass is 217 g/mol. The van der Waals surface area contributed by atoms with Crippen LogP contribution >= 0.6 is 0 Å². The van der Waals surface area contributed by atoms with Gasteiger partial charge >= 0.3 is 0 Å². The summed E-state index contributed by atoms with van der Waals surface area (Å²) in [5.74, 6) is -0.499. The lowest BCUT2D eigenvalue weighted by atomic mass is 10.1. The second-order valence-corrected chi connectivity index (χ2v) is 3.46. The van der Waals surface area contributed by atoms with Gasteiger partial charge in [0.2, 0.25) is 5.91 Å². The Morgan fingerprint density at radius 2 is 2.12 bits per heavy atom. The lowest BCUT2D eigenvalue weighted by molar-refractivity contribution is -0.126. The molecule has 2 N–H and O–H groups in total. The van der Waals surface area contributed by atoms with Crippen LogP contribution in [0.15, 0.2) is 35.4 Å². The van der Waals surface area contributed by atoms with Gasteiger partial charge in [-0.15, -0.1) is 0 Å². The highest BCUT2D eigenvalue weighted by atomic mass is 16.2. The third-order valence-corrected chi connectivity index (χ3v) is 2.20. The lowest BCUT2D eigenvalue weighted by Crippen LogP contribution is -2.42. The van der Waals surface area contributed by atoms with E-state index in [-0.39, 0.29) is 18.2 Å². The fourth-order valence-electron chi connectivity index (χ4n) is 1.42. The highest BCUT2D eigenvalue weighted by Crippen LogP contribution is 1.99. The zero-order valence-corrected chi connectivity index (χ0v) is 8.51. The maximum atomic E-state index is 11.6. The van der Waals surface area contributed by atoms with Crippen LogP contribution < -0.4 is 10.7 Å². The third-order valence-electron chi connectivity index (χ3n) is 2.20. The first-order chi connectivity index (χ1) is 7.75. The Hall–Kier alpha value is -2.17. The van der Waals surface area contributed by atoms with Gasteiger partial charge < -0.3 is 5.32 Å². The molecule has 5 nitrogen and oxygen atoms in total. The molecule has 1 aromatic rings. The van der Waals surface area contributed by atoms with Crippen molar-refractivity contribution >= 4 is 18.0 Å². The minimum absolute atomic E-state index is 0.195. The van der Waals surface area contributed by atoms with Crippen molar-refractivity contribution in [1.29, 1.82) is 0 Å². The van der Waals surface area contributed by atoms with Gasteiger partial charge in [0.05, 0.1) is 12.6 Å². The fourth-order valence-corrected chi connectivity index (χ4v) is 1.42. The number of rotatable bonds is 3. The average Bonchev–Trinajstić information content (AvgIpc) is 2.66. The van der Waals surface area contributed by atoms with Crippen LogP contribution in [0.3, 0.4) is 0 Å². The van der Waals surface area contributed by atoms with Crippen molar-refractivity contribution in [2.24, 2.45) is 5.10 Å². The SMILES string of the molecule is O=C(Cc1ccccc1)NC1C=NNC1=O. The number of hydrogen-bond donors (Lipinski definition) is 2. The standard InChI is InChI=1S/C11H11N3O2/c15-10(6-8-4-2-1-3-5-8)13-9-7-12-14-11(9)16/h1-5,7,9H,6H2,(H,13,15)(H,14,16). The summed E-state index contributed by atoms with van der Waals surface area (Å²) < 4.78 is 0. The molecule has 5 heteroatoms. The van der Waals surface area contributed by atoms with Crippen molar-refractivity contribution in [2.75, 3.05) is 0 Å². The number of carbonyl (C=O) groups is 2. The van der Waals surface area contributed by atoms with E-state index < -0.39 is 6.04 Å². The summed E-state index contributed by atoms with van der Waals surface area (Å²) in [7, 11) is 0. The summed E-state index contributed by atoms with van der Waals surface area (Å²) in [6, 6.07) is 8.71. The van der Waals surface area contributed by atoms with Crippen LogP contribution in [0.25, 0.3) is 0 Å². The van der Waals surface area contributed by atoms with E-state index in [1.165, 1.54) is 6.21 Å². The molecule has 0 radical (unpaired) electrons. The number of hydrogen-bond acceptors (Lipinski definition) is 3. The molecule has 0 aromatic heterocycles. The first-order valence-electron chi connectivity index (χ1n) is 4.92. The molecule has 16 heavy (non-hydrogen) atoms. The van der Waals surface area contributed by atoms with Gasteiger partial charge in [-0.05, 0) is 5.56 Å². The number of nitrogens with zero attached hydrogens (tertiary/aromatic N) is 1. The van der Waals surface area contributed by atoms with E-state index in [9.17, 15) is 9.59 Å². The van der Waals surface area contributed by atoms with Crippen LogP contribution in [0.4, 0.5) is 0 Å². The number of benzene rings is 1. The second-order valence-electron chi connectivity index (χ2n) is 3.46. The van der Waals surface area contributed by atoms with Crippen molar-refractivity contribution in [3.8, 4) is 0 Å². The van der Waals surface area contributed by atoms with Crippen LogP contribution in [0.5, 0.6) is 0 Å². The maximum Gasteiger partial charge on any atom is 0.268 e. The summed E-state index contributed by atoms with van der Waals surface area (Å²) in [4.78, 5) is 22.7. The Labute approximate surface area is 92.5 Å². The molecule has 1 aliphatic heterocycles. The summed E-state index contributed by atoms with van der Waals surface area (Å²) in [6.45, 7) is 0. The van der Waals surface area contributed by atoms with Crippen molar-refractivity contribution in [1.82, 2.24) is 10.7 Å². The fraction of sp³-hybridized carbons (Fsp3) is 0.182. The lowest BCUT2D eigenvalue weighted by Gasteiger charge is -2.07. The van der Waals surface area contributed by atoms with Gasteiger partial charge in [-0.3, -0.25) is 9.59 Å². The van der Waals surface area contributed by atoms with E-state index in [4.69, 9.17) is 0 Å². The van der Waals surface area contributed by atoms with Crippen LogP contribution in [-0.4, -0.2) is 24.1 Å². The van der Waals surface area contributed by atoms with E-state index >= 15 is 0 Å². The van der Waals surface area contributed by atoms with Crippen molar-refractivity contribution in [3.05, 3.63) is 35.9 Å². The molecule has 0 fully saturated rings. The molecule has 1 aromatic carbocycles. The van der Waals surface area contributed by atoms with Crippen molar-refractivity contribution in [2.45, 2.75) is 12.5 Å². The van der Waals surface area contributed by atoms with E-state index in [2.05, 4.69) is 15.8 Å². The molecule has 82 valence electrons. The smallest absolute Gasteiger partial charge is 0.268 e. The Morgan fingerprint density at radius 1 is 1.38 bits per heavy atom. The molecular weight excluding hydrogens is 206 g/mol. The highest BCUT2D eigenvalue weighted by molar-refractivity contribution is 6.04. The summed E-state index contributed by atoms with van der Waals surface area (Å²) in [5, 5.41) is 6.14. The minimum atomic E-state index is -0.642. The number of hydrazone groups is 1. The predicted octanol–water partition coefficient (Wildman–Crippen LogP) is -0.171. The summed E-state index contributed by atoms with van der Waals surface area (Å²) in [6.07, 6.45) is 1.64. The summed E-state index contributed by atoms with van der Waals surface area (Å²) >= 11 is 0. The van der Waals surface area contributed by atoms with Crippen molar-refractivity contribution in [3.63, 3.8) is 0 Å². The topological polar surface area (TPSA) is 70.6 Å². The van der Waals surface area contributed by atoms with Gasteiger partial charge in [-0.25, -0.2) is 5.43 Å². The normalized spacial score (nSPS) is 18.2. The third kappa shape index (κ3) is 2.44.